The van der Waals surface area contributed by atoms with Crippen LogP contribution >= 0.6 is 15.9 Å². The van der Waals surface area contributed by atoms with Gasteiger partial charge in [-0.05, 0) is 31.8 Å². The molecule has 0 spiro atoms. The molecule has 1 aliphatic heterocycles. The van der Waals surface area contributed by atoms with Crippen molar-refractivity contribution in [2.75, 3.05) is 18.5 Å². The maximum absolute atomic E-state index is 5.68. The van der Waals surface area contributed by atoms with Crippen molar-refractivity contribution in [2.24, 2.45) is 0 Å². The number of hydrogen-bond acceptors (Lipinski definition) is 2. The minimum Gasteiger partial charge on any atom is -0.353 e. The van der Waals surface area contributed by atoms with E-state index in [1.54, 1.807) is 0 Å². The Labute approximate surface area is 100 Å². The Morgan fingerprint density at radius 1 is 1.53 bits per heavy atom. The van der Waals surface area contributed by atoms with E-state index in [2.05, 4.69) is 22.0 Å². The monoisotopic (exact) mass is 274 g/mol. The van der Waals surface area contributed by atoms with E-state index in [4.69, 9.17) is 9.47 Å². The molecule has 1 rings (SSSR count). The lowest BCUT2D eigenvalue weighted by atomic mass is 10.2. The van der Waals surface area contributed by atoms with Gasteiger partial charge in [-0.2, -0.15) is 0 Å². The van der Waals surface area contributed by atoms with Gasteiger partial charge in [-0.25, -0.2) is 0 Å². The molecule has 1 fully saturated rings. The molecule has 1 unspecified atom stereocenters. The summed E-state index contributed by atoms with van der Waals surface area (Å²) in [5, 5.41) is 0.851. The fourth-order valence-electron chi connectivity index (χ4n) is 1.41. The summed E-state index contributed by atoms with van der Waals surface area (Å²) in [4.78, 5) is 0. The van der Waals surface area contributed by atoms with Crippen molar-refractivity contribution in [1.82, 2.24) is 0 Å². The minimum atomic E-state index is 0.00630. The van der Waals surface area contributed by atoms with Crippen molar-refractivity contribution >= 4 is 15.9 Å². The Balaban J connectivity index is 2.26. The summed E-state index contributed by atoms with van der Waals surface area (Å²) in [6.45, 7) is 3.50. The minimum absolute atomic E-state index is 0.00630. The summed E-state index contributed by atoms with van der Waals surface area (Å²) in [5.41, 5.74) is 1.24. The molecule has 1 saturated heterocycles. The molecule has 1 heterocycles. The van der Waals surface area contributed by atoms with Crippen LogP contribution in [0.4, 0.5) is 0 Å². The standard InChI is InChI=1S/C12H19BrO2/c1-2-3-6-11(9-13)10-15-12-7-4-5-8-14-12/h2-3,6,12H,4-5,7-10H2,1H3/b3-2-,11-6+. The van der Waals surface area contributed by atoms with Crippen LogP contribution in [0.3, 0.4) is 0 Å². The lowest BCUT2D eigenvalue weighted by molar-refractivity contribution is -0.156. The first-order valence-corrected chi connectivity index (χ1v) is 6.59. The Kier molecular flexibility index (Phi) is 6.98. The Morgan fingerprint density at radius 3 is 3.00 bits per heavy atom. The first kappa shape index (κ1) is 12.9. The van der Waals surface area contributed by atoms with Gasteiger partial charge < -0.3 is 9.47 Å². The topological polar surface area (TPSA) is 18.5 Å². The van der Waals surface area contributed by atoms with Gasteiger partial charge in [-0.1, -0.05) is 34.2 Å². The number of halogens is 1. The number of rotatable bonds is 5. The van der Waals surface area contributed by atoms with Crippen LogP contribution in [-0.4, -0.2) is 24.8 Å². The molecule has 2 nitrogen and oxygen atoms in total. The van der Waals surface area contributed by atoms with Gasteiger partial charge in [-0.3, -0.25) is 0 Å². The third-order valence-electron chi connectivity index (χ3n) is 2.29. The van der Waals surface area contributed by atoms with Gasteiger partial charge >= 0.3 is 0 Å². The maximum Gasteiger partial charge on any atom is 0.158 e. The largest absolute Gasteiger partial charge is 0.353 e. The van der Waals surface area contributed by atoms with Crippen LogP contribution in [0.25, 0.3) is 0 Å². The lowest BCUT2D eigenvalue weighted by Crippen LogP contribution is -2.23. The molecule has 1 aliphatic rings. The molecule has 0 saturated carbocycles. The summed E-state index contributed by atoms with van der Waals surface area (Å²) in [5.74, 6) is 0. The third-order valence-corrected chi connectivity index (χ3v) is 3.01. The molecule has 0 radical (unpaired) electrons. The van der Waals surface area contributed by atoms with E-state index in [0.717, 1.165) is 18.4 Å². The van der Waals surface area contributed by atoms with Crippen molar-refractivity contribution in [3.8, 4) is 0 Å². The zero-order valence-electron chi connectivity index (χ0n) is 9.25. The smallest absolute Gasteiger partial charge is 0.158 e. The molecule has 15 heavy (non-hydrogen) atoms. The van der Waals surface area contributed by atoms with E-state index in [9.17, 15) is 0 Å². The zero-order valence-corrected chi connectivity index (χ0v) is 10.8. The first-order chi connectivity index (χ1) is 7.36. The quantitative estimate of drug-likeness (QED) is 0.565. The summed E-state index contributed by atoms with van der Waals surface area (Å²) in [6, 6.07) is 0. The zero-order chi connectivity index (χ0) is 10.9. The van der Waals surface area contributed by atoms with Gasteiger partial charge in [0.25, 0.3) is 0 Å². The van der Waals surface area contributed by atoms with Crippen LogP contribution in [0.15, 0.2) is 23.8 Å². The maximum atomic E-state index is 5.68. The highest BCUT2D eigenvalue weighted by atomic mass is 79.9. The second-order valence-electron chi connectivity index (χ2n) is 3.59. The number of allylic oxidation sites excluding steroid dienone is 3. The van der Waals surface area contributed by atoms with Crippen molar-refractivity contribution in [1.29, 1.82) is 0 Å². The molecule has 3 heteroatoms. The Morgan fingerprint density at radius 2 is 2.40 bits per heavy atom. The highest BCUT2D eigenvalue weighted by Crippen LogP contribution is 2.15. The highest BCUT2D eigenvalue weighted by Gasteiger charge is 2.13. The van der Waals surface area contributed by atoms with E-state index in [-0.39, 0.29) is 6.29 Å². The molecule has 0 aromatic carbocycles. The summed E-state index contributed by atoms with van der Waals surface area (Å²) < 4.78 is 11.2. The van der Waals surface area contributed by atoms with Crippen molar-refractivity contribution in [3.63, 3.8) is 0 Å². The number of hydrogen-bond donors (Lipinski definition) is 0. The predicted molar refractivity (Wildman–Crippen MR) is 66.2 cm³/mol. The predicted octanol–water partition coefficient (Wildman–Crippen LogP) is 3.43. The first-order valence-electron chi connectivity index (χ1n) is 5.46. The van der Waals surface area contributed by atoms with Crippen LogP contribution in [-0.2, 0) is 9.47 Å². The number of ether oxygens (including phenoxy) is 2. The molecular weight excluding hydrogens is 256 g/mol. The van der Waals surface area contributed by atoms with Crippen molar-refractivity contribution in [2.45, 2.75) is 32.5 Å². The second-order valence-corrected chi connectivity index (χ2v) is 4.15. The van der Waals surface area contributed by atoms with Crippen LogP contribution in [0.1, 0.15) is 26.2 Å². The van der Waals surface area contributed by atoms with Gasteiger partial charge in [0.15, 0.2) is 6.29 Å². The fraction of sp³-hybridized carbons (Fsp3) is 0.667. The molecule has 1 atom stereocenters. The summed E-state index contributed by atoms with van der Waals surface area (Å²) >= 11 is 3.45. The molecule has 0 aliphatic carbocycles. The molecule has 0 aromatic rings. The van der Waals surface area contributed by atoms with Gasteiger partial charge in [0, 0.05) is 11.9 Å². The number of alkyl halides is 1. The molecule has 0 aromatic heterocycles. The van der Waals surface area contributed by atoms with Gasteiger partial charge in [0.05, 0.1) is 6.61 Å². The van der Waals surface area contributed by atoms with Gasteiger partial charge in [0.2, 0.25) is 0 Å². The third kappa shape index (κ3) is 5.50. The van der Waals surface area contributed by atoms with Crippen LogP contribution in [0.2, 0.25) is 0 Å². The van der Waals surface area contributed by atoms with Gasteiger partial charge in [0.1, 0.15) is 0 Å². The van der Waals surface area contributed by atoms with E-state index in [1.165, 1.54) is 18.4 Å². The van der Waals surface area contributed by atoms with Crippen LogP contribution < -0.4 is 0 Å². The highest BCUT2D eigenvalue weighted by molar-refractivity contribution is 9.09. The molecule has 0 N–H and O–H groups in total. The average molecular weight is 275 g/mol. The van der Waals surface area contributed by atoms with Crippen LogP contribution in [0.5, 0.6) is 0 Å². The SMILES string of the molecule is C/C=C\C=C(/CBr)COC1CCCCO1. The van der Waals surface area contributed by atoms with Gasteiger partial charge in [-0.15, -0.1) is 0 Å². The summed E-state index contributed by atoms with van der Waals surface area (Å²) in [7, 11) is 0. The van der Waals surface area contributed by atoms with E-state index in [1.807, 2.05) is 19.1 Å². The summed E-state index contributed by atoms with van der Waals surface area (Å²) in [6.07, 6.45) is 9.54. The molecule has 0 bridgehead atoms. The normalized spacial score (nSPS) is 23.6. The Bertz CT molecular complexity index is 218. The average Bonchev–Trinajstić information content (AvgIpc) is 2.31. The second kappa shape index (κ2) is 8.08. The Hall–Kier alpha value is -0.120. The molecule has 86 valence electrons. The molecule has 0 amide bonds. The van der Waals surface area contributed by atoms with Crippen molar-refractivity contribution in [3.05, 3.63) is 23.8 Å². The van der Waals surface area contributed by atoms with Crippen molar-refractivity contribution < 1.29 is 9.47 Å². The fourth-order valence-corrected chi connectivity index (χ4v) is 1.75. The van der Waals surface area contributed by atoms with E-state index >= 15 is 0 Å². The molecular formula is C12H19BrO2. The van der Waals surface area contributed by atoms with E-state index < -0.39 is 0 Å². The lowest BCUT2D eigenvalue weighted by Gasteiger charge is -2.22. The van der Waals surface area contributed by atoms with Crippen LogP contribution in [0, 0.1) is 0 Å². The van der Waals surface area contributed by atoms with E-state index in [0.29, 0.717) is 6.61 Å².